The largest absolute Gasteiger partial charge is 0.327 e. The predicted octanol–water partition coefficient (Wildman–Crippen LogP) is -0.177. The quantitative estimate of drug-likeness (QED) is 0.435. The van der Waals surface area contributed by atoms with E-state index in [2.05, 4.69) is 10.4 Å². The lowest BCUT2D eigenvalue weighted by Crippen LogP contribution is -2.30. The Morgan fingerprint density at radius 3 is 2.88 bits per heavy atom. The van der Waals surface area contributed by atoms with E-state index in [9.17, 15) is 9.59 Å². The average molecular weight is 241 g/mol. The van der Waals surface area contributed by atoms with Crippen molar-refractivity contribution in [3.8, 4) is 0 Å². The molecule has 0 saturated carbocycles. The van der Waals surface area contributed by atoms with Crippen molar-refractivity contribution < 1.29 is 9.59 Å². The third-order valence-corrected chi connectivity index (χ3v) is 3.14. The van der Waals surface area contributed by atoms with E-state index < -0.39 is 0 Å². The van der Waals surface area contributed by atoms with E-state index in [4.69, 9.17) is 5.84 Å². The van der Waals surface area contributed by atoms with Crippen LogP contribution in [-0.2, 0) is 11.3 Å². The van der Waals surface area contributed by atoms with E-state index in [-0.39, 0.29) is 25.0 Å². The number of amides is 3. The summed E-state index contributed by atoms with van der Waals surface area (Å²) in [5.74, 6) is 5.00. The first kappa shape index (κ1) is 10.8. The van der Waals surface area contributed by atoms with Gasteiger partial charge in [0.05, 0.1) is 6.54 Å². The highest BCUT2D eigenvalue weighted by atomic mass is 32.1. The van der Waals surface area contributed by atoms with Crippen LogP contribution in [-0.4, -0.2) is 40.3 Å². The van der Waals surface area contributed by atoms with E-state index in [0.717, 1.165) is 4.88 Å². The highest BCUT2D eigenvalue weighted by molar-refractivity contribution is 7.15. The number of thiazole rings is 1. The first-order valence-corrected chi connectivity index (χ1v) is 5.40. The first-order valence-electron chi connectivity index (χ1n) is 4.58. The minimum Gasteiger partial charge on any atom is -0.318 e. The molecule has 0 aromatic carbocycles. The van der Waals surface area contributed by atoms with Gasteiger partial charge in [-0.2, -0.15) is 0 Å². The van der Waals surface area contributed by atoms with Gasteiger partial charge in [-0.3, -0.25) is 15.1 Å². The molecule has 0 atom stereocenters. The van der Waals surface area contributed by atoms with E-state index in [1.165, 1.54) is 21.1 Å². The fourth-order valence-electron chi connectivity index (χ4n) is 1.43. The van der Waals surface area contributed by atoms with Crippen molar-refractivity contribution in [1.29, 1.82) is 0 Å². The van der Waals surface area contributed by atoms with Crippen LogP contribution in [0, 0.1) is 0 Å². The van der Waals surface area contributed by atoms with Crippen molar-refractivity contribution in [3.05, 3.63) is 11.1 Å². The molecule has 86 valence electrons. The van der Waals surface area contributed by atoms with Crippen molar-refractivity contribution >= 4 is 28.4 Å². The second-order valence-electron chi connectivity index (χ2n) is 3.39. The van der Waals surface area contributed by atoms with Crippen molar-refractivity contribution in [1.82, 2.24) is 14.8 Å². The lowest BCUT2D eigenvalue weighted by Gasteiger charge is -2.12. The molecule has 3 amide bonds. The number of rotatable bonds is 3. The molecule has 0 aliphatic carbocycles. The van der Waals surface area contributed by atoms with Crippen LogP contribution in [0.15, 0.2) is 6.20 Å². The summed E-state index contributed by atoms with van der Waals surface area (Å²) in [5, 5.41) is 0.558. The van der Waals surface area contributed by atoms with Crippen LogP contribution < -0.4 is 11.3 Å². The minimum absolute atomic E-state index is 0.139. The highest BCUT2D eigenvalue weighted by Gasteiger charge is 2.33. The zero-order valence-corrected chi connectivity index (χ0v) is 9.45. The van der Waals surface area contributed by atoms with E-state index in [1.807, 2.05) is 0 Å². The molecule has 2 rings (SSSR count). The predicted molar refractivity (Wildman–Crippen MR) is 58.5 cm³/mol. The average Bonchev–Trinajstić information content (AvgIpc) is 2.80. The van der Waals surface area contributed by atoms with Crippen LogP contribution in [0.4, 0.5) is 9.93 Å². The smallest absolute Gasteiger partial charge is 0.318 e. The molecule has 7 nitrogen and oxygen atoms in total. The number of nitrogens with one attached hydrogen (secondary N) is 1. The van der Waals surface area contributed by atoms with Gasteiger partial charge in [-0.15, -0.1) is 0 Å². The standard InChI is InChI=1S/C8H11N5O2S/c1-12-4-6(14)13(8(12)15)3-5-2-10-7(11-9)16-5/h2H,3-4,9H2,1H3,(H,10,11). The molecule has 1 aromatic heterocycles. The van der Waals surface area contributed by atoms with Crippen LogP contribution in [0.1, 0.15) is 4.88 Å². The van der Waals surface area contributed by atoms with Gasteiger partial charge in [0, 0.05) is 18.1 Å². The topological polar surface area (TPSA) is 91.6 Å². The Hall–Kier alpha value is -1.67. The number of likely N-dealkylation sites (N-methyl/N-ethyl adjacent to an activating group) is 1. The van der Waals surface area contributed by atoms with Gasteiger partial charge in [-0.1, -0.05) is 11.3 Å². The summed E-state index contributed by atoms with van der Waals surface area (Å²) in [6.07, 6.45) is 1.60. The Bertz CT molecular complexity index is 432. The highest BCUT2D eigenvalue weighted by Crippen LogP contribution is 2.20. The molecule has 0 unspecified atom stereocenters. The summed E-state index contributed by atoms with van der Waals surface area (Å²) in [6, 6.07) is -0.277. The normalized spacial score (nSPS) is 16.1. The maximum atomic E-state index is 11.6. The van der Waals surface area contributed by atoms with Crippen LogP contribution in [0.5, 0.6) is 0 Å². The number of hydrogen-bond donors (Lipinski definition) is 2. The molecule has 3 N–H and O–H groups in total. The molecule has 1 aliphatic rings. The van der Waals surface area contributed by atoms with Crippen LogP contribution in [0.2, 0.25) is 0 Å². The molecular weight excluding hydrogens is 230 g/mol. The summed E-state index contributed by atoms with van der Waals surface area (Å²) in [6.45, 7) is 0.390. The molecule has 0 radical (unpaired) electrons. The van der Waals surface area contributed by atoms with Gasteiger partial charge in [0.2, 0.25) is 0 Å². The number of anilines is 1. The van der Waals surface area contributed by atoms with Crippen molar-refractivity contribution in [2.45, 2.75) is 6.54 Å². The van der Waals surface area contributed by atoms with Gasteiger partial charge in [-0.05, 0) is 0 Å². The monoisotopic (exact) mass is 241 g/mol. The molecule has 1 fully saturated rings. The number of hydrogen-bond acceptors (Lipinski definition) is 6. The number of imide groups is 1. The van der Waals surface area contributed by atoms with E-state index >= 15 is 0 Å². The van der Waals surface area contributed by atoms with Gasteiger partial charge in [0.1, 0.15) is 6.54 Å². The second-order valence-corrected chi connectivity index (χ2v) is 4.51. The van der Waals surface area contributed by atoms with Gasteiger partial charge >= 0.3 is 6.03 Å². The van der Waals surface area contributed by atoms with Crippen molar-refractivity contribution in [2.75, 3.05) is 19.0 Å². The Kier molecular flexibility index (Phi) is 2.75. The summed E-state index contributed by atoms with van der Waals surface area (Å²) >= 11 is 1.31. The summed E-state index contributed by atoms with van der Waals surface area (Å²) < 4.78 is 0. The number of nitrogens with two attached hydrogens (primary N) is 1. The SMILES string of the molecule is CN1CC(=O)N(Cc2cnc(NN)s2)C1=O. The summed E-state index contributed by atoms with van der Waals surface area (Å²) in [5.41, 5.74) is 2.41. The molecule has 2 heterocycles. The van der Waals surface area contributed by atoms with Crippen molar-refractivity contribution in [3.63, 3.8) is 0 Å². The molecular formula is C8H11N5O2S. The third-order valence-electron chi connectivity index (χ3n) is 2.22. The van der Waals surface area contributed by atoms with Crippen molar-refractivity contribution in [2.24, 2.45) is 5.84 Å². The fourth-order valence-corrected chi connectivity index (χ4v) is 2.14. The maximum absolute atomic E-state index is 11.6. The van der Waals surface area contributed by atoms with E-state index in [1.54, 1.807) is 13.2 Å². The van der Waals surface area contributed by atoms with Gasteiger partial charge < -0.3 is 4.90 Å². The zero-order chi connectivity index (χ0) is 11.7. The minimum atomic E-state index is -0.277. The number of urea groups is 1. The third kappa shape index (κ3) is 1.84. The lowest BCUT2D eigenvalue weighted by molar-refractivity contribution is -0.125. The van der Waals surface area contributed by atoms with Gasteiger partial charge in [0.25, 0.3) is 5.91 Å². The molecule has 1 aliphatic heterocycles. The van der Waals surface area contributed by atoms with Crippen LogP contribution >= 0.6 is 11.3 Å². The van der Waals surface area contributed by atoms with Gasteiger partial charge in [-0.25, -0.2) is 15.6 Å². The lowest BCUT2D eigenvalue weighted by atomic mass is 10.5. The second kappa shape index (κ2) is 4.06. The molecule has 8 heteroatoms. The Labute approximate surface area is 95.8 Å². The number of aromatic nitrogens is 1. The number of nitrogen functional groups attached to an aromatic ring is 1. The molecule has 0 spiro atoms. The Morgan fingerprint density at radius 2 is 2.38 bits per heavy atom. The molecule has 1 saturated heterocycles. The molecule has 0 bridgehead atoms. The first-order chi connectivity index (χ1) is 7.61. The Balaban J connectivity index is 2.09. The number of carbonyl (C=O) groups is 2. The number of hydrazine groups is 1. The number of nitrogens with zero attached hydrogens (tertiary/aromatic N) is 3. The summed E-state index contributed by atoms with van der Waals surface area (Å²) in [7, 11) is 1.60. The zero-order valence-electron chi connectivity index (χ0n) is 8.64. The molecule has 1 aromatic rings. The molecule has 16 heavy (non-hydrogen) atoms. The fraction of sp³-hybridized carbons (Fsp3) is 0.375. The number of carbonyl (C=O) groups excluding carboxylic acids is 2. The summed E-state index contributed by atoms with van der Waals surface area (Å²) in [4.78, 5) is 30.4. The van der Waals surface area contributed by atoms with Gasteiger partial charge in [0.15, 0.2) is 5.13 Å². The van der Waals surface area contributed by atoms with Crippen LogP contribution in [0.25, 0.3) is 0 Å². The Morgan fingerprint density at radius 1 is 1.62 bits per heavy atom. The van der Waals surface area contributed by atoms with Crippen LogP contribution in [0.3, 0.4) is 0 Å². The van der Waals surface area contributed by atoms with E-state index in [0.29, 0.717) is 5.13 Å². The maximum Gasteiger partial charge on any atom is 0.327 e.